The molecule has 0 unspecified atom stereocenters. The maximum Gasteiger partial charge on any atom is 0.419 e. The molecule has 0 saturated carbocycles. The predicted molar refractivity (Wildman–Crippen MR) is 118 cm³/mol. The summed E-state index contributed by atoms with van der Waals surface area (Å²) >= 11 is 0. The van der Waals surface area contributed by atoms with Gasteiger partial charge in [0.15, 0.2) is 0 Å². The number of aliphatic carboxylic acids is 1. The molecule has 33 heavy (non-hydrogen) atoms. The minimum Gasteiger partial charge on any atom is -0.480 e. The number of rotatable bonds is 6. The number of aromatic nitrogens is 1. The second-order valence-corrected chi connectivity index (χ2v) is 8.47. The van der Waals surface area contributed by atoms with E-state index in [2.05, 4.69) is 5.32 Å². The van der Waals surface area contributed by atoms with Crippen LogP contribution >= 0.6 is 0 Å². The van der Waals surface area contributed by atoms with E-state index >= 15 is 0 Å². The molecule has 1 aromatic heterocycles. The van der Waals surface area contributed by atoms with Crippen molar-refractivity contribution in [3.8, 4) is 0 Å². The summed E-state index contributed by atoms with van der Waals surface area (Å²) in [5, 5.41) is 12.3. The van der Waals surface area contributed by atoms with Crippen LogP contribution in [0.25, 0.3) is 10.9 Å². The minimum absolute atomic E-state index is 0.0256. The van der Waals surface area contributed by atoms with Gasteiger partial charge in [-0.05, 0) is 50.1 Å². The van der Waals surface area contributed by atoms with Gasteiger partial charge < -0.3 is 19.9 Å². The Kier molecular flexibility index (Phi) is 7.01. The van der Waals surface area contributed by atoms with E-state index in [1.54, 1.807) is 45.0 Å². The number of carboxylic acid groups (broad SMARTS) is 1. The number of ether oxygens (including phenoxy) is 2. The van der Waals surface area contributed by atoms with Gasteiger partial charge in [0.25, 0.3) is 0 Å². The van der Waals surface area contributed by atoms with Crippen LogP contribution in [-0.2, 0) is 27.3 Å². The average molecular weight is 456 g/mol. The zero-order chi connectivity index (χ0) is 24.2. The summed E-state index contributed by atoms with van der Waals surface area (Å²) in [6.45, 7) is 5.11. The Hall–Kier alpha value is -3.88. The van der Waals surface area contributed by atoms with Crippen molar-refractivity contribution in [2.45, 2.75) is 45.4 Å². The van der Waals surface area contributed by atoms with E-state index < -0.39 is 35.6 Å². The molecule has 3 rings (SSSR count). The molecule has 2 aromatic carbocycles. The number of hydrogen-bond acceptors (Lipinski definition) is 5. The van der Waals surface area contributed by atoms with Crippen LogP contribution in [-0.4, -0.2) is 39.5 Å². The maximum atomic E-state index is 13.9. The van der Waals surface area contributed by atoms with E-state index in [-0.39, 0.29) is 13.0 Å². The normalized spacial score (nSPS) is 12.2. The summed E-state index contributed by atoms with van der Waals surface area (Å²) < 4.78 is 25.6. The molecule has 0 saturated heterocycles. The van der Waals surface area contributed by atoms with Gasteiger partial charge in [-0.3, -0.25) is 4.57 Å². The number of carboxylic acids is 1. The molecule has 0 radical (unpaired) electrons. The fraction of sp³-hybridized carbons (Fsp3) is 0.292. The molecule has 0 bridgehead atoms. The fourth-order valence-electron chi connectivity index (χ4n) is 3.22. The first kappa shape index (κ1) is 23.8. The fourth-order valence-corrected chi connectivity index (χ4v) is 3.22. The highest BCUT2D eigenvalue weighted by molar-refractivity contribution is 5.92. The van der Waals surface area contributed by atoms with Crippen LogP contribution in [0, 0.1) is 5.82 Å². The van der Waals surface area contributed by atoms with Gasteiger partial charge in [0.05, 0.1) is 5.52 Å². The Morgan fingerprint density at radius 3 is 2.45 bits per heavy atom. The van der Waals surface area contributed by atoms with E-state index in [1.165, 1.54) is 29.0 Å². The Balaban J connectivity index is 1.81. The zero-order valence-electron chi connectivity index (χ0n) is 18.5. The van der Waals surface area contributed by atoms with Crippen LogP contribution in [0.4, 0.5) is 14.0 Å². The number of alkyl carbamates (subject to hydrolysis) is 1. The van der Waals surface area contributed by atoms with Crippen LogP contribution in [0.3, 0.4) is 0 Å². The van der Waals surface area contributed by atoms with Crippen molar-refractivity contribution in [1.29, 1.82) is 0 Å². The van der Waals surface area contributed by atoms with Crippen LogP contribution < -0.4 is 5.32 Å². The highest BCUT2D eigenvalue weighted by atomic mass is 19.1. The lowest BCUT2D eigenvalue weighted by Crippen LogP contribution is -2.42. The number of fused-ring (bicyclic) bond motifs is 1. The van der Waals surface area contributed by atoms with E-state index in [0.29, 0.717) is 16.5 Å². The third kappa shape index (κ3) is 6.31. The van der Waals surface area contributed by atoms with E-state index in [9.17, 15) is 23.9 Å². The van der Waals surface area contributed by atoms with Gasteiger partial charge in [0, 0.05) is 18.0 Å². The molecule has 0 aliphatic heterocycles. The third-order valence-corrected chi connectivity index (χ3v) is 4.67. The molecular formula is C24H25FN2O6. The lowest BCUT2D eigenvalue weighted by molar-refractivity contribution is -0.139. The van der Waals surface area contributed by atoms with Gasteiger partial charge in [-0.15, -0.1) is 0 Å². The maximum absolute atomic E-state index is 13.9. The SMILES string of the molecule is CC(C)(C)OC(=O)n1cc(C[C@H](NC(=O)OCc2ccccc2)C(=O)O)c2cc(F)ccc21. The van der Waals surface area contributed by atoms with E-state index in [4.69, 9.17) is 9.47 Å². The van der Waals surface area contributed by atoms with Crippen molar-refractivity contribution in [2.75, 3.05) is 0 Å². The Morgan fingerprint density at radius 1 is 1.12 bits per heavy atom. The predicted octanol–water partition coefficient (Wildman–Crippen LogP) is 4.49. The number of nitrogens with one attached hydrogen (secondary N) is 1. The number of halogens is 1. The lowest BCUT2D eigenvalue weighted by atomic mass is 10.1. The first-order valence-corrected chi connectivity index (χ1v) is 10.3. The van der Waals surface area contributed by atoms with Crippen LogP contribution in [0.5, 0.6) is 0 Å². The Labute approximate surface area is 189 Å². The first-order valence-electron chi connectivity index (χ1n) is 10.3. The standard InChI is InChI=1S/C24H25FN2O6/c1-24(2,3)33-23(31)27-13-16(18-12-17(25)9-10-20(18)27)11-19(21(28)29)26-22(30)32-14-15-7-5-4-6-8-15/h4-10,12-13,19H,11,14H2,1-3H3,(H,26,30)(H,28,29)/t19-/m0/s1. The van der Waals surface area contributed by atoms with E-state index in [1.807, 2.05) is 6.07 Å². The van der Waals surface area contributed by atoms with Crippen LogP contribution in [0.15, 0.2) is 54.7 Å². The molecule has 1 atom stereocenters. The summed E-state index contributed by atoms with van der Waals surface area (Å²) in [6, 6.07) is 11.4. The molecule has 8 nitrogen and oxygen atoms in total. The van der Waals surface area contributed by atoms with Gasteiger partial charge >= 0.3 is 18.2 Å². The summed E-state index contributed by atoms with van der Waals surface area (Å²) in [7, 11) is 0. The number of amides is 1. The minimum atomic E-state index is -1.37. The average Bonchev–Trinajstić information content (AvgIpc) is 3.09. The number of nitrogens with zero attached hydrogens (tertiary/aromatic N) is 1. The van der Waals surface area contributed by atoms with Gasteiger partial charge in [-0.1, -0.05) is 30.3 Å². The summed E-state index contributed by atoms with van der Waals surface area (Å²) in [6.07, 6.45) is -0.405. The van der Waals surface area contributed by atoms with Crippen molar-refractivity contribution in [1.82, 2.24) is 9.88 Å². The Bertz CT molecular complexity index is 1170. The van der Waals surface area contributed by atoms with Gasteiger partial charge in [-0.2, -0.15) is 0 Å². The zero-order valence-corrected chi connectivity index (χ0v) is 18.5. The first-order chi connectivity index (χ1) is 15.5. The molecule has 0 spiro atoms. The topological polar surface area (TPSA) is 107 Å². The number of benzene rings is 2. The molecule has 174 valence electrons. The highest BCUT2D eigenvalue weighted by Crippen LogP contribution is 2.25. The second kappa shape index (κ2) is 9.72. The summed E-state index contributed by atoms with van der Waals surface area (Å²) in [5.74, 6) is -1.85. The summed E-state index contributed by atoms with van der Waals surface area (Å²) in [5.41, 5.74) is 0.694. The molecule has 0 aliphatic carbocycles. The number of carbonyl (C=O) groups excluding carboxylic acids is 2. The van der Waals surface area contributed by atoms with Crippen molar-refractivity contribution in [3.05, 3.63) is 71.7 Å². The number of hydrogen-bond donors (Lipinski definition) is 2. The molecule has 2 N–H and O–H groups in total. The van der Waals surface area contributed by atoms with Gasteiger partial charge in [-0.25, -0.2) is 18.8 Å². The van der Waals surface area contributed by atoms with Crippen molar-refractivity contribution in [3.63, 3.8) is 0 Å². The van der Waals surface area contributed by atoms with E-state index in [0.717, 1.165) is 5.56 Å². The number of carbonyl (C=O) groups is 3. The smallest absolute Gasteiger partial charge is 0.419 e. The lowest BCUT2D eigenvalue weighted by Gasteiger charge is -2.19. The summed E-state index contributed by atoms with van der Waals surface area (Å²) in [4.78, 5) is 36.6. The van der Waals surface area contributed by atoms with Gasteiger partial charge in [0.1, 0.15) is 24.1 Å². The van der Waals surface area contributed by atoms with Crippen molar-refractivity contribution in [2.24, 2.45) is 0 Å². The molecule has 3 aromatic rings. The molecule has 0 fully saturated rings. The molecule has 1 amide bonds. The van der Waals surface area contributed by atoms with Crippen LogP contribution in [0.1, 0.15) is 31.9 Å². The quantitative estimate of drug-likeness (QED) is 0.566. The monoisotopic (exact) mass is 456 g/mol. The Morgan fingerprint density at radius 2 is 1.82 bits per heavy atom. The largest absolute Gasteiger partial charge is 0.480 e. The molecule has 9 heteroatoms. The highest BCUT2D eigenvalue weighted by Gasteiger charge is 2.26. The van der Waals surface area contributed by atoms with Crippen molar-refractivity contribution < 1.29 is 33.4 Å². The van der Waals surface area contributed by atoms with Crippen molar-refractivity contribution >= 4 is 29.1 Å². The van der Waals surface area contributed by atoms with Crippen LogP contribution in [0.2, 0.25) is 0 Å². The second-order valence-electron chi connectivity index (χ2n) is 8.47. The molecule has 0 aliphatic rings. The third-order valence-electron chi connectivity index (χ3n) is 4.67. The molecular weight excluding hydrogens is 431 g/mol. The molecule has 1 heterocycles. The van der Waals surface area contributed by atoms with Gasteiger partial charge in [0.2, 0.25) is 0 Å².